The summed E-state index contributed by atoms with van der Waals surface area (Å²) in [5, 5.41) is 12.0. The molecule has 2 nitrogen and oxygen atoms in total. The van der Waals surface area contributed by atoms with E-state index in [9.17, 15) is 13.2 Å². The normalized spacial score (nSPS) is 12.6. The largest absolute Gasteiger partial charge is 0.416 e. The number of rotatable bonds is 4. The van der Waals surface area contributed by atoms with Crippen molar-refractivity contribution in [1.82, 2.24) is 0 Å². The van der Waals surface area contributed by atoms with Gasteiger partial charge in [-0.3, -0.25) is 0 Å². The molecule has 102 valence electrons. The highest BCUT2D eigenvalue weighted by atomic mass is 19.4. The number of anilines is 1. The fraction of sp³-hybridized carbons (Fsp3) is 0.538. The Bertz CT molecular complexity index is 413. The molecule has 1 aromatic rings. The molecule has 5 heteroatoms. The number of halogens is 3. The minimum absolute atomic E-state index is 0.0298. The Morgan fingerprint density at radius 1 is 1.22 bits per heavy atom. The molecule has 2 N–H and O–H groups in total. The summed E-state index contributed by atoms with van der Waals surface area (Å²) in [5.74, 6) is 0. The van der Waals surface area contributed by atoms with Crippen LogP contribution in [0.15, 0.2) is 18.2 Å². The number of alkyl halides is 3. The zero-order valence-corrected chi connectivity index (χ0v) is 10.7. The van der Waals surface area contributed by atoms with Crippen LogP contribution in [0.4, 0.5) is 18.9 Å². The summed E-state index contributed by atoms with van der Waals surface area (Å²) in [7, 11) is 0. The molecular formula is C13H18F3NO. The van der Waals surface area contributed by atoms with Gasteiger partial charge >= 0.3 is 6.18 Å². The van der Waals surface area contributed by atoms with Gasteiger partial charge in [0, 0.05) is 24.3 Å². The SMILES string of the molecule is Cc1ccc(NCC(C)(C)CO)cc1C(F)(F)F. The summed E-state index contributed by atoms with van der Waals surface area (Å²) in [4.78, 5) is 0. The van der Waals surface area contributed by atoms with Crippen LogP contribution in [0, 0.1) is 12.3 Å². The number of aliphatic hydroxyl groups excluding tert-OH is 1. The first-order valence-corrected chi connectivity index (χ1v) is 5.68. The zero-order chi connectivity index (χ0) is 14.0. The van der Waals surface area contributed by atoms with Gasteiger partial charge in [-0.05, 0) is 24.6 Å². The molecule has 0 heterocycles. The first-order chi connectivity index (χ1) is 8.15. The van der Waals surface area contributed by atoms with E-state index in [1.165, 1.54) is 13.0 Å². The van der Waals surface area contributed by atoms with Crippen molar-refractivity contribution in [3.63, 3.8) is 0 Å². The Kier molecular flexibility index (Phi) is 4.27. The van der Waals surface area contributed by atoms with Crippen molar-refractivity contribution in [3.8, 4) is 0 Å². The number of benzene rings is 1. The lowest BCUT2D eigenvalue weighted by Gasteiger charge is -2.23. The summed E-state index contributed by atoms with van der Waals surface area (Å²) in [5.41, 5.74) is -0.387. The molecule has 0 fully saturated rings. The van der Waals surface area contributed by atoms with Crippen LogP contribution < -0.4 is 5.32 Å². The predicted octanol–water partition coefficient (Wildman–Crippen LogP) is 3.44. The lowest BCUT2D eigenvalue weighted by molar-refractivity contribution is -0.138. The second-order valence-electron chi connectivity index (χ2n) is 5.20. The van der Waals surface area contributed by atoms with Gasteiger partial charge in [-0.2, -0.15) is 13.2 Å². The molecule has 0 aliphatic rings. The van der Waals surface area contributed by atoms with Crippen molar-refractivity contribution in [3.05, 3.63) is 29.3 Å². The summed E-state index contributed by atoms with van der Waals surface area (Å²) < 4.78 is 38.1. The minimum Gasteiger partial charge on any atom is -0.396 e. The van der Waals surface area contributed by atoms with Gasteiger partial charge < -0.3 is 10.4 Å². The molecule has 0 aliphatic heterocycles. The summed E-state index contributed by atoms with van der Waals surface area (Å²) in [6.07, 6.45) is -4.34. The van der Waals surface area contributed by atoms with E-state index in [4.69, 9.17) is 5.11 Å². The molecule has 1 aromatic carbocycles. The van der Waals surface area contributed by atoms with E-state index in [-0.39, 0.29) is 17.6 Å². The zero-order valence-electron chi connectivity index (χ0n) is 10.7. The lowest BCUT2D eigenvalue weighted by atomic mass is 9.95. The average molecular weight is 261 g/mol. The lowest BCUT2D eigenvalue weighted by Crippen LogP contribution is -2.26. The van der Waals surface area contributed by atoms with E-state index < -0.39 is 11.7 Å². The van der Waals surface area contributed by atoms with Gasteiger partial charge in [0.05, 0.1) is 5.56 Å². The van der Waals surface area contributed by atoms with Crippen LogP contribution in [0.2, 0.25) is 0 Å². The monoisotopic (exact) mass is 261 g/mol. The standard InChI is InChI=1S/C13H18F3NO/c1-9-4-5-10(6-11(9)13(14,15)16)17-7-12(2,3)8-18/h4-6,17-18H,7-8H2,1-3H3. The second-order valence-corrected chi connectivity index (χ2v) is 5.20. The highest BCUT2D eigenvalue weighted by molar-refractivity contribution is 5.49. The first-order valence-electron chi connectivity index (χ1n) is 5.68. The highest BCUT2D eigenvalue weighted by Gasteiger charge is 2.32. The summed E-state index contributed by atoms with van der Waals surface area (Å²) in [6.45, 7) is 5.48. The number of hydrogen-bond acceptors (Lipinski definition) is 2. The van der Waals surface area contributed by atoms with Gasteiger partial charge in [0.1, 0.15) is 0 Å². The molecule has 1 rings (SSSR count). The van der Waals surface area contributed by atoms with Gasteiger partial charge in [0.2, 0.25) is 0 Å². The van der Waals surface area contributed by atoms with Crippen molar-refractivity contribution >= 4 is 5.69 Å². The van der Waals surface area contributed by atoms with Crippen LogP contribution in [-0.4, -0.2) is 18.3 Å². The first kappa shape index (κ1) is 14.8. The molecule has 0 radical (unpaired) electrons. The Balaban J connectivity index is 2.87. The molecule has 18 heavy (non-hydrogen) atoms. The second kappa shape index (κ2) is 5.18. The number of aliphatic hydroxyl groups is 1. The van der Waals surface area contributed by atoms with Gasteiger partial charge in [-0.25, -0.2) is 0 Å². The van der Waals surface area contributed by atoms with Gasteiger partial charge in [-0.15, -0.1) is 0 Å². The third-order valence-corrected chi connectivity index (χ3v) is 2.74. The summed E-state index contributed by atoms with van der Waals surface area (Å²) >= 11 is 0. The molecule has 0 spiro atoms. The van der Waals surface area contributed by atoms with Crippen LogP contribution in [0.3, 0.4) is 0 Å². The highest BCUT2D eigenvalue weighted by Crippen LogP contribution is 2.33. The smallest absolute Gasteiger partial charge is 0.396 e. The third-order valence-electron chi connectivity index (χ3n) is 2.74. The van der Waals surface area contributed by atoms with Crippen molar-refractivity contribution in [2.45, 2.75) is 26.9 Å². The van der Waals surface area contributed by atoms with Crippen molar-refractivity contribution < 1.29 is 18.3 Å². The molecular weight excluding hydrogens is 243 g/mol. The van der Waals surface area contributed by atoms with E-state index in [2.05, 4.69) is 5.32 Å². The van der Waals surface area contributed by atoms with Gasteiger partial charge in [0.25, 0.3) is 0 Å². The van der Waals surface area contributed by atoms with Crippen LogP contribution in [0.1, 0.15) is 25.0 Å². The maximum atomic E-state index is 12.7. The number of nitrogens with one attached hydrogen (secondary N) is 1. The predicted molar refractivity (Wildman–Crippen MR) is 65.5 cm³/mol. The third kappa shape index (κ3) is 3.91. The maximum Gasteiger partial charge on any atom is 0.416 e. The van der Waals surface area contributed by atoms with Crippen LogP contribution >= 0.6 is 0 Å². The van der Waals surface area contributed by atoms with E-state index in [0.29, 0.717) is 12.2 Å². The molecule has 0 unspecified atom stereocenters. The Morgan fingerprint density at radius 3 is 2.33 bits per heavy atom. The Morgan fingerprint density at radius 2 is 1.83 bits per heavy atom. The molecule has 0 saturated carbocycles. The van der Waals surface area contributed by atoms with E-state index in [1.54, 1.807) is 6.07 Å². The minimum atomic E-state index is -4.34. The summed E-state index contributed by atoms with van der Waals surface area (Å²) in [6, 6.07) is 4.15. The number of hydrogen-bond donors (Lipinski definition) is 2. The Hall–Kier alpha value is -1.23. The fourth-order valence-corrected chi connectivity index (χ4v) is 1.43. The molecule has 0 bridgehead atoms. The molecule has 0 amide bonds. The van der Waals surface area contributed by atoms with E-state index >= 15 is 0 Å². The Labute approximate surface area is 105 Å². The van der Waals surface area contributed by atoms with Crippen molar-refractivity contribution in [2.75, 3.05) is 18.5 Å². The van der Waals surface area contributed by atoms with Gasteiger partial charge in [-0.1, -0.05) is 19.9 Å². The maximum absolute atomic E-state index is 12.7. The van der Waals surface area contributed by atoms with E-state index in [0.717, 1.165) is 6.07 Å². The molecule has 0 aromatic heterocycles. The van der Waals surface area contributed by atoms with Gasteiger partial charge in [0.15, 0.2) is 0 Å². The average Bonchev–Trinajstić information content (AvgIpc) is 2.26. The van der Waals surface area contributed by atoms with E-state index in [1.807, 2.05) is 13.8 Å². The van der Waals surface area contributed by atoms with Crippen molar-refractivity contribution in [2.24, 2.45) is 5.41 Å². The molecule has 0 aliphatic carbocycles. The van der Waals surface area contributed by atoms with Crippen LogP contribution in [0.25, 0.3) is 0 Å². The molecule has 0 atom stereocenters. The molecule has 0 saturated heterocycles. The van der Waals surface area contributed by atoms with Crippen LogP contribution in [-0.2, 0) is 6.18 Å². The van der Waals surface area contributed by atoms with Crippen molar-refractivity contribution in [1.29, 1.82) is 0 Å². The number of aryl methyl sites for hydroxylation is 1. The fourth-order valence-electron chi connectivity index (χ4n) is 1.43. The quantitative estimate of drug-likeness (QED) is 0.870. The van der Waals surface area contributed by atoms with Crippen LogP contribution in [0.5, 0.6) is 0 Å². The topological polar surface area (TPSA) is 32.3 Å².